The molecule has 120 valence electrons. The van der Waals surface area contributed by atoms with E-state index in [1.807, 2.05) is 55.8 Å². The lowest BCUT2D eigenvalue weighted by Crippen LogP contribution is -2.30. The van der Waals surface area contributed by atoms with E-state index < -0.39 is 0 Å². The minimum absolute atomic E-state index is 0.179. The molecule has 0 bridgehead atoms. The van der Waals surface area contributed by atoms with E-state index in [4.69, 9.17) is 4.74 Å². The van der Waals surface area contributed by atoms with Gasteiger partial charge in [0, 0.05) is 16.2 Å². The molecule has 1 unspecified atom stereocenters. The third kappa shape index (κ3) is 2.91. The third-order valence-electron chi connectivity index (χ3n) is 3.67. The molecule has 1 aromatic heterocycles. The molecule has 1 aromatic carbocycles. The zero-order valence-corrected chi connectivity index (χ0v) is 14.8. The number of benzene rings is 1. The maximum Gasteiger partial charge on any atom is 0.338 e. The molecule has 1 atom stereocenters. The molecule has 0 saturated heterocycles. The predicted octanol–water partition coefficient (Wildman–Crippen LogP) is 3.89. The molecule has 6 heteroatoms. The van der Waals surface area contributed by atoms with Crippen LogP contribution < -0.4 is 5.32 Å². The number of anilines is 1. The van der Waals surface area contributed by atoms with Gasteiger partial charge in [0.1, 0.15) is 11.9 Å². The highest BCUT2D eigenvalue weighted by atomic mass is 79.9. The maximum absolute atomic E-state index is 12.7. The first-order valence-electron chi connectivity index (χ1n) is 7.45. The second-order valence-electron chi connectivity index (χ2n) is 5.70. The minimum Gasteiger partial charge on any atom is -0.459 e. The number of aromatic nitrogens is 2. The van der Waals surface area contributed by atoms with Crippen molar-refractivity contribution in [1.29, 1.82) is 0 Å². The fourth-order valence-corrected chi connectivity index (χ4v) is 3.23. The highest BCUT2D eigenvalue weighted by molar-refractivity contribution is 9.10. The van der Waals surface area contributed by atoms with Gasteiger partial charge in [0.15, 0.2) is 0 Å². The molecule has 0 fully saturated rings. The smallest absolute Gasteiger partial charge is 0.338 e. The topological polar surface area (TPSA) is 56.2 Å². The standard InChI is InChI=1S/C17H18BrN3O2/c1-10(2)23-17(22)15-11(3)20-14-8-9-19-21(14)16(15)12-6-4-5-7-13(12)18/h4-10,16,20H,1-3H3. The van der Waals surface area contributed by atoms with Crippen LogP contribution in [0.1, 0.15) is 32.4 Å². The van der Waals surface area contributed by atoms with E-state index in [0.29, 0.717) is 5.57 Å². The second-order valence-corrected chi connectivity index (χ2v) is 6.56. The van der Waals surface area contributed by atoms with E-state index in [0.717, 1.165) is 21.6 Å². The zero-order valence-electron chi connectivity index (χ0n) is 13.2. The number of fused-ring (bicyclic) bond motifs is 1. The Morgan fingerprint density at radius 2 is 2.09 bits per heavy atom. The van der Waals surface area contributed by atoms with Crippen LogP contribution in [0, 0.1) is 0 Å². The van der Waals surface area contributed by atoms with Crippen LogP contribution in [0.15, 0.2) is 52.3 Å². The summed E-state index contributed by atoms with van der Waals surface area (Å²) in [5, 5.41) is 7.62. The summed E-state index contributed by atoms with van der Waals surface area (Å²) in [4.78, 5) is 12.7. The Kier molecular flexibility index (Phi) is 4.26. The van der Waals surface area contributed by atoms with Crippen LogP contribution in [0.25, 0.3) is 0 Å². The van der Waals surface area contributed by atoms with Gasteiger partial charge in [-0.2, -0.15) is 5.10 Å². The first-order chi connectivity index (χ1) is 11.0. The average Bonchev–Trinajstić information content (AvgIpc) is 2.93. The lowest BCUT2D eigenvalue weighted by Gasteiger charge is -2.30. The first-order valence-corrected chi connectivity index (χ1v) is 8.25. The Balaban J connectivity index is 2.15. The van der Waals surface area contributed by atoms with Crippen molar-refractivity contribution in [2.24, 2.45) is 0 Å². The summed E-state index contributed by atoms with van der Waals surface area (Å²) < 4.78 is 8.19. The average molecular weight is 376 g/mol. The van der Waals surface area contributed by atoms with Gasteiger partial charge in [-0.05, 0) is 32.4 Å². The van der Waals surface area contributed by atoms with Crippen molar-refractivity contribution in [2.45, 2.75) is 32.9 Å². The van der Waals surface area contributed by atoms with Crippen LogP contribution in [0.3, 0.4) is 0 Å². The summed E-state index contributed by atoms with van der Waals surface area (Å²) in [6.07, 6.45) is 1.54. The van der Waals surface area contributed by atoms with Crippen LogP contribution in [0.5, 0.6) is 0 Å². The van der Waals surface area contributed by atoms with Gasteiger partial charge in [0.2, 0.25) is 0 Å². The molecule has 1 aliphatic heterocycles. The number of ether oxygens (including phenoxy) is 1. The molecule has 23 heavy (non-hydrogen) atoms. The molecule has 2 heterocycles. The number of carbonyl (C=O) groups excluding carboxylic acids is 1. The molecule has 0 aliphatic carbocycles. The van der Waals surface area contributed by atoms with Gasteiger partial charge >= 0.3 is 5.97 Å². The monoisotopic (exact) mass is 375 g/mol. The second kappa shape index (κ2) is 6.20. The van der Waals surface area contributed by atoms with Crippen molar-refractivity contribution in [1.82, 2.24) is 9.78 Å². The first kappa shape index (κ1) is 15.8. The Morgan fingerprint density at radius 1 is 1.35 bits per heavy atom. The number of rotatable bonds is 3. The fraction of sp³-hybridized carbons (Fsp3) is 0.294. The highest BCUT2D eigenvalue weighted by Gasteiger charge is 2.34. The van der Waals surface area contributed by atoms with Crippen molar-refractivity contribution in [3.63, 3.8) is 0 Å². The lowest BCUT2D eigenvalue weighted by atomic mass is 9.95. The zero-order chi connectivity index (χ0) is 16.6. The van der Waals surface area contributed by atoms with E-state index in [2.05, 4.69) is 26.3 Å². The quantitative estimate of drug-likeness (QED) is 0.826. The minimum atomic E-state index is -0.330. The molecule has 1 aliphatic rings. The van der Waals surface area contributed by atoms with Crippen LogP contribution in [0.4, 0.5) is 5.82 Å². The summed E-state index contributed by atoms with van der Waals surface area (Å²) in [6, 6.07) is 9.40. The lowest BCUT2D eigenvalue weighted by molar-refractivity contribution is -0.143. The molecule has 2 aromatic rings. The highest BCUT2D eigenvalue weighted by Crippen LogP contribution is 2.38. The number of halogens is 1. The van der Waals surface area contributed by atoms with E-state index in [1.54, 1.807) is 6.20 Å². The van der Waals surface area contributed by atoms with Gasteiger partial charge in [0.05, 0.1) is 17.9 Å². The summed E-state index contributed by atoms with van der Waals surface area (Å²) in [7, 11) is 0. The molecular weight excluding hydrogens is 358 g/mol. The number of hydrogen-bond donors (Lipinski definition) is 1. The molecule has 5 nitrogen and oxygen atoms in total. The Labute approximate surface area is 143 Å². The number of nitrogens with one attached hydrogen (secondary N) is 1. The van der Waals surface area contributed by atoms with E-state index in [9.17, 15) is 4.79 Å². The number of nitrogens with zero attached hydrogens (tertiary/aromatic N) is 2. The van der Waals surface area contributed by atoms with Crippen molar-refractivity contribution >= 4 is 27.7 Å². The molecule has 0 saturated carbocycles. The van der Waals surface area contributed by atoms with Crippen LogP contribution in [-0.2, 0) is 9.53 Å². The third-order valence-corrected chi connectivity index (χ3v) is 4.39. The summed E-state index contributed by atoms with van der Waals surface area (Å²) >= 11 is 3.58. The molecular formula is C17H18BrN3O2. The number of hydrogen-bond acceptors (Lipinski definition) is 4. The Hall–Kier alpha value is -2.08. The van der Waals surface area contributed by atoms with E-state index >= 15 is 0 Å². The molecule has 3 rings (SSSR count). The van der Waals surface area contributed by atoms with Crippen LogP contribution >= 0.6 is 15.9 Å². The van der Waals surface area contributed by atoms with Crippen molar-refractivity contribution < 1.29 is 9.53 Å². The van der Waals surface area contributed by atoms with E-state index in [1.165, 1.54) is 0 Å². The van der Waals surface area contributed by atoms with Gasteiger partial charge in [-0.1, -0.05) is 34.1 Å². The van der Waals surface area contributed by atoms with Crippen molar-refractivity contribution in [2.75, 3.05) is 5.32 Å². The van der Waals surface area contributed by atoms with E-state index in [-0.39, 0.29) is 18.1 Å². The SMILES string of the molecule is CC1=C(C(=O)OC(C)C)C(c2ccccc2Br)n2nccc2N1. The van der Waals surface area contributed by atoms with Crippen LogP contribution in [0.2, 0.25) is 0 Å². The molecule has 0 amide bonds. The maximum atomic E-state index is 12.7. The number of carbonyl (C=O) groups is 1. The summed E-state index contributed by atoms with van der Waals surface area (Å²) in [6.45, 7) is 5.57. The van der Waals surface area contributed by atoms with Gasteiger partial charge in [-0.15, -0.1) is 0 Å². The molecule has 0 radical (unpaired) electrons. The van der Waals surface area contributed by atoms with Crippen molar-refractivity contribution in [3.8, 4) is 0 Å². The number of allylic oxidation sites excluding steroid dienone is 1. The summed E-state index contributed by atoms with van der Waals surface area (Å²) in [5.41, 5.74) is 2.32. The van der Waals surface area contributed by atoms with Crippen molar-refractivity contribution in [3.05, 3.63) is 57.8 Å². The summed E-state index contributed by atoms with van der Waals surface area (Å²) in [5.74, 6) is 0.524. The van der Waals surface area contributed by atoms with Gasteiger partial charge in [-0.25, -0.2) is 9.48 Å². The number of esters is 1. The van der Waals surface area contributed by atoms with Gasteiger partial charge in [-0.3, -0.25) is 0 Å². The predicted molar refractivity (Wildman–Crippen MR) is 92.1 cm³/mol. The Bertz CT molecular complexity index is 780. The normalized spacial score (nSPS) is 17.0. The molecule has 1 N–H and O–H groups in total. The van der Waals surface area contributed by atoms with Gasteiger partial charge < -0.3 is 10.1 Å². The molecule has 0 spiro atoms. The largest absolute Gasteiger partial charge is 0.459 e. The van der Waals surface area contributed by atoms with Gasteiger partial charge in [0.25, 0.3) is 0 Å². The Morgan fingerprint density at radius 3 is 2.78 bits per heavy atom. The van der Waals surface area contributed by atoms with Crippen LogP contribution in [-0.4, -0.2) is 21.9 Å². The fourth-order valence-electron chi connectivity index (χ4n) is 2.73.